The van der Waals surface area contributed by atoms with E-state index >= 15 is 0 Å². The molecular weight excluding hydrogens is 240 g/mol. The zero-order valence-electron chi connectivity index (χ0n) is 10.3. The average Bonchev–Trinajstić information content (AvgIpc) is 2.83. The maximum absolute atomic E-state index is 12.0. The van der Waals surface area contributed by atoms with Crippen LogP contribution in [0, 0.1) is 6.92 Å². The van der Waals surface area contributed by atoms with Gasteiger partial charge in [0.1, 0.15) is 5.82 Å². The molecule has 94 valence electrons. The zero-order chi connectivity index (χ0) is 13.2. The third-order valence-corrected chi connectivity index (χ3v) is 2.76. The lowest BCUT2D eigenvalue weighted by atomic mass is 10.2. The molecule has 2 heterocycles. The molecule has 0 fully saturated rings. The van der Waals surface area contributed by atoms with Gasteiger partial charge in [-0.1, -0.05) is 12.1 Å². The molecular formula is C14H12N4O. The van der Waals surface area contributed by atoms with E-state index in [2.05, 4.69) is 20.3 Å². The molecule has 1 amide bonds. The van der Waals surface area contributed by atoms with Crippen LogP contribution in [-0.2, 0) is 0 Å². The number of nitrogens with zero attached hydrogens (tertiary/aromatic N) is 2. The molecule has 3 aromatic rings. The number of benzene rings is 1. The summed E-state index contributed by atoms with van der Waals surface area (Å²) in [6.07, 6.45) is 1.62. The molecule has 0 aliphatic rings. The summed E-state index contributed by atoms with van der Waals surface area (Å²) in [7, 11) is 0. The monoisotopic (exact) mass is 252 g/mol. The van der Waals surface area contributed by atoms with Crippen molar-refractivity contribution in [1.82, 2.24) is 15.0 Å². The number of aromatic nitrogens is 3. The van der Waals surface area contributed by atoms with Gasteiger partial charge in [0.05, 0.1) is 11.0 Å². The Morgan fingerprint density at radius 2 is 2.16 bits per heavy atom. The Bertz CT molecular complexity index is 734. The SMILES string of the molecule is Cc1ccc2[nH]c(C(=O)Nc3ccccn3)nc2c1. The van der Waals surface area contributed by atoms with E-state index in [9.17, 15) is 4.79 Å². The van der Waals surface area contributed by atoms with Crippen molar-refractivity contribution in [2.45, 2.75) is 6.92 Å². The fraction of sp³-hybridized carbons (Fsp3) is 0.0714. The number of anilines is 1. The van der Waals surface area contributed by atoms with Gasteiger partial charge in [-0.15, -0.1) is 0 Å². The number of hydrogen-bond donors (Lipinski definition) is 2. The molecule has 0 atom stereocenters. The van der Waals surface area contributed by atoms with E-state index in [0.29, 0.717) is 5.82 Å². The summed E-state index contributed by atoms with van der Waals surface area (Å²) in [4.78, 5) is 23.3. The van der Waals surface area contributed by atoms with E-state index in [1.165, 1.54) is 0 Å². The van der Waals surface area contributed by atoms with Gasteiger partial charge in [-0.05, 0) is 36.8 Å². The Morgan fingerprint density at radius 1 is 1.26 bits per heavy atom. The highest BCUT2D eigenvalue weighted by Gasteiger charge is 2.11. The maximum atomic E-state index is 12.0. The number of aromatic amines is 1. The number of carbonyl (C=O) groups excluding carboxylic acids is 1. The van der Waals surface area contributed by atoms with Crippen molar-refractivity contribution in [2.75, 3.05) is 5.32 Å². The average molecular weight is 252 g/mol. The number of H-pyrrole nitrogens is 1. The summed E-state index contributed by atoms with van der Waals surface area (Å²) < 4.78 is 0. The molecule has 0 bridgehead atoms. The molecule has 2 N–H and O–H groups in total. The first-order chi connectivity index (χ1) is 9.22. The quantitative estimate of drug-likeness (QED) is 0.736. The Labute approximate surface area is 109 Å². The van der Waals surface area contributed by atoms with Gasteiger partial charge in [-0.25, -0.2) is 9.97 Å². The fourth-order valence-electron chi connectivity index (χ4n) is 1.84. The molecule has 0 aliphatic carbocycles. The van der Waals surface area contributed by atoms with E-state index in [0.717, 1.165) is 16.6 Å². The second kappa shape index (κ2) is 4.53. The van der Waals surface area contributed by atoms with Crippen LogP contribution in [0.25, 0.3) is 11.0 Å². The lowest BCUT2D eigenvalue weighted by Gasteiger charge is -2.00. The van der Waals surface area contributed by atoms with Gasteiger partial charge in [0.25, 0.3) is 5.91 Å². The van der Waals surface area contributed by atoms with Crippen LogP contribution in [0.1, 0.15) is 16.2 Å². The lowest BCUT2D eigenvalue weighted by molar-refractivity contribution is 0.101. The number of fused-ring (bicyclic) bond motifs is 1. The van der Waals surface area contributed by atoms with Crippen molar-refractivity contribution in [1.29, 1.82) is 0 Å². The third-order valence-electron chi connectivity index (χ3n) is 2.76. The second-order valence-corrected chi connectivity index (χ2v) is 4.28. The van der Waals surface area contributed by atoms with Crippen molar-refractivity contribution in [3.63, 3.8) is 0 Å². The largest absolute Gasteiger partial charge is 0.334 e. The number of aryl methyl sites for hydroxylation is 1. The number of imidazole rings is 1. The molecule has 0 aliphatic heterocycles. The van der Waals surface area contributed by atoms with Crippen molar-refractivity contribution >= 4 is 22.8 Å². The summed E-state index contributed by atoms with van der Waals surface area (Å²) in [5.74, 6) is 0.489. The molecule has 5 heteroatoms. The van der Waals surface area contributed by atoms with E-state index < -0.39 is 0 Å². The Morgan fingerprint density at radius 3 is 2.95 bits per heavy atom. The van der Waals surface area contributed by atoms with Gasteiger partial charge < -0.3 is 10.3 Å². The molecule has 0 saturated carbocycles. The fourth-order valence-corrected chi connectivity index (χ4v) is 1.84. The van der Waals surface area contributed by atoms with Gasteiger partial charge in [-0.3, -0.25) is 4.79 Å². The zero-order valence-corrected chi connectivity index (χ0v) is 10.3. The van der Waals surface area contributed by atoms with Gasteiger partial charge in [0, 0.05) is 6.20 Å². The van der Waals surface area contributed by atoms with Crippen LogP contribution in [-0.4, -0.2) is 20.9 Å². The Balaban J connectivity index is 1.89. The number of carbonyl (C=O) groups is 1. The van der Waals surface area contributed by atoms with Crippen LogP contribution in [0.5, 0.6) is 0 Å². The number of pyridine rings is 1. The van der Waals surface area contributed by atoms with Crippen LogP contribution in [0.2, 0.25) is 0 Å². The normalized spacial score (nSPS) is 10.6. The summed E-state index contributed by atoms with van der Waals surface area (Å²) in [5, 5.41) is 2.69. The molecule has 0 saturated heterocycles. The third kappa shape index (κ3) is 2.30. The first-order valence-corrected chi connectivity index (χ1v) is 5.91. The van der Waals surface area contributed by atoms with Gasteiger partial charge in [0.2, 0.25) is 0 Å². The minimum absolute atomic E-state index is 0.284. The van der Waals surface area contributed by atoms with Crippen LogP contribution in [0.3, 0.4) is 0 Å². The Kier molecular flexibility index (Phi) is 2.72. The van der Waals surface area contributed by atoms with Gasteiger partial charge in [0.15, 0.2) is 5.82 Å². The van der Waals surface area contributed by atoms with Crippen LogP contribution < -0.4 is 5.32 Å². The van der Waals surface area contributed by atoms with E-state index in [4.69, 9.17) is 0 Å². The first-order valence-electron chi connectivity index (χ1n) is 5.91. The topological polar surface area (TPSA) is 70.7 Å². The standard InChI is InChI=1S/C14H12N4O/c1-9-5-6-10-11(8-9)17-13(16-10)14(19)18-12-4-2-3-7-15-12/h2-8H,1H3,(H,16,17)(H,15,18,19). The highest BCUT2D eigenvalue weighted by Crippen LogP contribution is 2.14. The number of nitrogens with one attached hydrogen (secondary N) is 2. The number of hydrogen-bond acceptors (Lipinski definition) is 3. The van der Waals surface area contributed by atoms with Crippen molar-refractivity contribution in [2.24, 2.45) is 0 Å². The van der Waals surface area contributed by atoms with Crippen LogP contribution >= 0.6 is 0 Å². The minimum atomic E-state index is -0.299. The summed E-state index contributed by atoms with van der Waals surface area (Å²) >= 11 is 0. The summed E-state index contributed by atoms with van der Waals surface area (Å²) in [5.41, 5.74) is 2.73. The molecule has 5 nitrogen and oxygen atoms in total. The van der Waals surface area contributed by atoms with Crippen LogP contribution in [0.4, 0.5) is 5.82 Å². The van der Waals surface area contributed by atoms with Gasteiger partial charge >= 0.3 is 0 Å². The molecule has 2 aromatic heterocycles. The smallest absolute Gasteiger partial charge is 0.292 e. The highest BCUT2D eigenvalue weighted by atomic mass is 16.2. The molecule has 0 spiro atoms. The van der Waals surface area contributed by atoms with Crippen molar-refractivity contribution < 1.29 is 4.79 Å². The molecule has 3 rings (SSSR count). The van der Waals surface area contributed by atoms with E-state index in [1.54, 1.807) is 18.3 Å². The molecule has 1 aromatic carbocycles. The summed E-state index contributed by atoms with van der Waals surface area (Å²) in [6.45, 7) is 1.99. The van der Waals surface area contributed by atoms with Crippen molar-refractivity contribution in [3.8, 4) is 0 Å². The van der Waals surface area contributed by atoms with Crippen molar-refractivity contribution in [3.05, 3.63) is 54.0 Å². The first kappa shape index (κ1) is 11.4. The van der Waals surface area contributed by atoms with Gasteiger partial charge in [-0.2, -0.15) is 0 Å². The van der Waals surface area contributed by atoms with Crippen LogP contribution in [0.15, 0.2) is 42.6 Å². The predicted octanol–water partition coefficient (Wildman–Crippen LogP) is 2.52. The number of amides is 1. The second-order valence-electron chi connectivity index (χ2n) is 4.28. The molecule has 19 heavy (non-hydrogen) atoms. The minimum Gasteiger partial charge on any atom is -0.334 e. The molecule has 0 unspecified atom stereocenters. The molecule has 0 radical (unpaired) electrons. The number of rotatable bonds is 2. The summed E-state index contributed by atoms with van der Waals surface area (Å²) in [6, 6.07) is 11.1. The lowest BCUT2D eigenvalue weighted by Crippen LogP contribution is -2.14. The predicted molar refractivity (Wildman–Crippen MR) is 73.0 cm³/mol. The van der Waals surface area contributed by atoms with E-state index in [1.807, 2.05) is 31.2 Å². The maximum Gasteiger partial charge on any atom is 0.292 e. The highest BCUT2D eigenvalue weighted by molar-refractivity contribution is 6.02. The van der Waals surface area contributed by atoms with E-state index in [-0.39, 0.29) is 11.7 Å². The Hall–Kier alpha value is -2.69.